The molecule has 0 spiro atoms. The van der Waals surface area contributed by atoms with Crippen LogP contribution in [0.1, 0.15) is 12.8 Å². The topological polar surface area (TPSA) is 52.0 Å². The van der Waals surface area contributed by atoms with E-state index in [0.717, 1.165) is 0 Å². The van der Waals surface area contributed by atoms with E-state index in [9.17, 15) is 132 Å². The van der Waals surface area contributed by atoms with Crippen LogP contribution in [-0.2, 0) is 0 Å². The maximum Gasteiger partial charge on any atom is 0.460 e. The number of hydrogen-bond acceptors (Lipinski definition) is 2. The third kappa shape index (κ3) is 7.07. The molecular weight excluding hydrogens is 842 g/mol. The van der Waals surface area contributed by atoms with Crippen molar-refractivity contribution in [2.24, 2.45) is 10.8 Å². The summed E-state index contributed by atoms with van der Waals surface area (Å²) in [4.78, 5) is 0. The lowest BCUT2D eigenvalue weighted by atomic mass is 9.90. The molecule has 33 heteroatoms. The highest BCUT2D eigenvalue weighted by Crippen LogP contribution is 2.64. The molecule has 0 radical (unpaired) electrons. The highest BCUT2D eigenvalue weighted by Gasteiger charge is 2.94. The summed E-state index contributed by atoms with van der Waals surface area (Å²) in [5.74, 6) is -99.9. The summed E-state index contributed by atoms with van der Waals surface area (Å²) in [6.45, 7) is 0. The first-order valence-electron chi connectivity index (χ1n) is 11.7. The van der Waals surface area contributed by atoms with Gasteiger partial charge in [-0.1, -0.05) is 0 Å². The molecule has 51 heavy (non-hydrogen) atoms. The van der Waals surface area contributed by atoms with Gasteiger partial charge >= 0.3 is 83.4 Å². The maximum atomic E-state index is 13.9. The van der Waals surface area contributed by atoms with Crippen molar-refractivity contribution < 1.29 is 132 Å². The molecule has 2 nitrogen and oxygen atoms in total. The first-order chi connectivity index (χ1) is 21.4. The van der Waals surface area contributed by atoms with E-state index in [4.69, 9.17) is 10.8 Å². The van der Waals surface area contributed by atoms with Gasteiger partial charge in [-0.25, -0.2) is 0 Å². The van der Waals surface area contributed by atoms with Gasteiger partial charge in [0.05, 0.1) is 0 Å². The minimum Gasteiger partial charge on any atom is -0.339 e. The van der Waals surface area contributed by atoms with Gasteiger partial charge in [-0.05, 0) is 12.1 Å². The molecule has 0 aliphatic carbocycles. The highest BCUT2D eigenvalue weighted by atomic mass is 28.3. The van der Waals surface area contributed by atoms with Crippen LogP contribution in [0, 0.1) is 0 Å². The van der Waals surface area contributed by atoms with Crippen molar-refractivity contribution >= 4 is 8.40 Å². The summed E-state index contributed by atoms with van der Waals surface area (Å²) in [5.41, 5.74) is 0. The lowest BCUT2D eigenvalue weighted by Crippen LogP contribution is -2.73. The van der Waals surface area contributed by atoms with E-state index in [-0.39, 0.29) is 0 Å². The predicted molar refractivity (Wildman–Crippen MR) is 104 cm³/mol. The van der Waals surface area contributed by atoms with Crippen molar-refractivity contribution in [3.63, 3.8) is 0 Å². The van der Waals surface area contributed by atoms with E-state index in [1.54, 1.807) is 0 Å². The van der Waals surface area contributed by atoms with Crippen LogP contribution in [0.5, 0.6) is 0 Å². The summed E-state index contributed by atoms with van der Waals surface area (Å²) >= 11 is 0. The Hall–Kier alpha value is -1.96. The average Bonchev–Trinajstić information content (AvgIpc) is 2.88. The van der Waals surface area contributed by atoms with E-state index in [2.05, 4.69) is 0 Å². The van der Waals surface area contributed by atoms with Crippen molar-refractivity contribution in [1.82, 2.24) is 0 Å². The van der Waals surface area contributed by atoms with Gasteiger partial charge in [-0.2, -0.15) is 132 Å². The molecule has 0 atom stereocenters. The largest absolute Gasteiger partial charge is 0.460 e. The number of rotatable bonds is 16. The Labute approximate surface area is 260 Å². The molecule has 0 aromatic rings. The highest BCUT2D eigenvalue weighted by molar-refractivity contribution is 6.73. The standard InChI is InChI=1S/C18H12F30N2Si/c19-5(20,7(23,24)9(27,28)11(31,32)13(35,36)15(39,40)17(43,44)45)1-3-51(49,50)4-2-6(21,22)8(25,26)10(29,30)12(33,34)14(37,38)16(41,42)18(46,47)48/h1-4,49-50H2. The molecule has 0 aliphatic heterocycles. The second kappa shape index (κ2) is 12.5. The Morgan fingerprint density at radius 2 is 0.412 bits per heavy atom. The monoisotopic (exact) mass is 854 g/mol. The molecule has 308 valence electrons. The molecule has 0 aromatic carbocycles. The number of nitrogens with two attached hydrogens (primary N) is 2. The van der Waals surface area contributed by atoms with Crippen LogP contribution in [0.4, 0.5) is 132 Å². The van der Waals surface area contributed by atoms with Gasteiger partial charge < -0.3 is 10.8 Å². The molecule has 0 rings (SSSR count). The van der Waals surface area contributed by atoms with E-state index < -0.39 is 117 Å². The van der Waals surface area contributed by atoms with Gasteiger partial charge in [0.1, 0.15) is 0 Å². The molecule has 0 saturated carbocycles. The second-order valence-electron chi connectivity index (χ2n) is 10.4. The molecular formula is C18H12F30N2Si. The SMILES string of the molecule is N[Si](N)(CCC(F)(F)C(F)(F)C(F)(F)C(F)(F)C(F)(F)C(F)(F)C(F)(F)F)CCC(F)(F)C(F)(F)C(F)(F)C(F)(F)C(F)(F)C(F)(F)C(F)(F)F. The van der Waals surface area contributed by atoms with E-state index in [1.165, 1.54) is 0 Å². The molecule has 0 amide bonds. The first-order valence-corrected chi connectivity index (χ1v) is 14.2. The van der Waals surface area contributed by atoms with E-state index in [1.807, 2.05) is 0 Å². The van der Waals surface area contributed by atoms with E-state index >= 15 is 0 Å². The molecule has 0 aromatic heterocycles. The van der Waals surface area contributed by atoms with Crippen LogP contribution < -0.4 is 10.8 Å². The van der Waals surface area contributed by atoms with Crippen molar-refractivity contribution in [1.29, 1.82) is 0 Å². The molecule has 4 N–H and O–H groups in total. The van der Waals surface area contributed by atoms with Gasteiger partial charge in [0.15, 0.2) is 8.40 Å². The first kappa shape index (κ1) is 49.0. The van der Waals surface area contributed by atoms with Crippen molar-refractivity contribution in [3.8, 4) is 0 Å². The van der Waals surface area contributed by atoms with E-state index in [0.29, 0.717) is 0 Å². The van der Waals surface area contributed by atoms with Crippen LogP contribution in [0.3, 0.4) is 0 Å². The number of hydrogen-bond donors (Lipinski definition) is 2. The fraction of sp³-hybridized carbons (Fsp3) is 1.00. The van der Waals surface area contributed by atoms with Crippen LogP contribution in [-0.4, -0.2) is 91.8 Å². The number of alkyl halides is 30. The maximum absolute atomic E-state index is 13.9. The summed E-state index contributed by atoms with van der Waals surface area (Å²) in [6.07, 6.45) is -22.9. The van der Waals surface area contributed by atoms with Gasteiger partial charge in [0, 0.05) is 12.8 Å². The third-order valence-corrected chi connectivity index (χ3v) is 8.96. The van der Waals surface area contributed by atoms with Crippen LogP contribution in [0.2, 0.25) is 12.1 Å². The lowest BCUT2D eigenvalue weighted by molar-refractivity contribution is -0.452. The van der Waals surface area contributed by atoms with Gasteiger partial charge in [-0.15, -0.1) is 0 Å². The molecule has 0 heterocycles. The Kier molecular flexibility index (Phi) is 12.1. The quantitative estimate of drug-likeness (QED) is 0.120. The third-order valence-electron chi connectivity index (χ3n) is 6.59. The Balaban J connectivity index is 6.44. The molecule has 0 unspecified atom stereocenters. The fourth-order valence-electron chi connectivity index (χ4n) is 3.22. The summed E-state index contributed by atoms with van der Waals surface area (Å²) < 4.78 is 397. The summed E-state index contributed by atoms with van der Waals surface area (Å²) in [7, 11) is -5.80. The van der Waals surface area contributed by atoms with Crippen LogP contribution in [0.25, 0.3) is 0 Å². The zero-order chi connectivity index (χ0) is 42.3. The molecule has 0 saturated heterocycles. The number of halogens is 30. The van der Waals surface area contributed by atoms with Crippen molar-refractivity contribution in [2.45, 2.75) is 108 Å². The molecule has 0 fully saturated rings. The second-order valence-corrected chi connectivity index (χ2v) is 13.8. The lowest BCUT2D eigenvalue weighted by Gasteiger charge is -2.42. The summed E-state index contributed by atoms with van der Waals surface area (Å²) in [6, 6.07) is -5.26. The molecule has 0 aliphatic rings. The smallest absolute Gasteiger partial charge is 0.339 e. The van der Waals surface area contributed by atoms with Crippen molar-refractivity contribution in [2.75, 3.05) is 0 Å². The minimum atomic E-state index is -8.80. The van der Waals surface area contributed by atoms with Gasteiger partial charge in [0.2, 0.25) is 0 Å². The summed E-state index contributed by atoms with van der Waals surface area (Å²) in [5, 5.41) is 9.51. The molecule has 0 bridgehead atoms. The Morgan fingerprint density at radius 3 is 0.588 bits per heavy atom. The van der Waals surface area contributed by atoms with Crippen LogP contribution in [0.15, 0.2) is 0 Å². The minimum absolute atomic E-state index is 2.63. The zero-order valence-electron chi connectivity index (χ0n) is 22.8. The van der Waals surface area contributed by atoms with Gasteiger partial charge in [-0.3, -0.25) is 0 Å². The van der Waals surface area contributed by atoms with Gasteiger partial charge in [0.25, 0.3) is 0 Å². The zero-order valence-corrected chi connectivity index (χ0v) is 23.8. The van der Waals surface area contributed by atoms with Crippen LogP contribution >= 0.6 is 0 Å². The fourth-order valence-corrected chi connectivity index (χ4v) is 5.03. The van der Waals surface area contributed by atoms with Crippen molar-refractivity contribution in [3.05, 3.63) is 0 Å². The Morgan fingerprint density at radius 1 is 0.255 bits per heavy atom. The average molecular weight is 854 g/mol. The predicted octanol–water partition coefficient (Wildman–Crippen LogP) is 9.87. The normalized spacial score (nSPS) is 16.9. The Bertz CT molecular complexity index is 1130.